The standard InChI is InChI=1S/C9H13F2N3O/c1-2-12-9(4-3-5-9)8-13-7(6(10)11)15-14-8/h6,12H,2-5H2,1H3. The predicted molar refractivity (Wildman–Crippen MR) is 48.5 cm³/mol. The van der Waals surface area contributed by atoms with E-state index in [1.54, 1.807) is 0 Å². The molecule has 1 aliphatic carbocycles. The van der Waals surface area contributed by atoms with E-state index in [0.717, 1.165) is 25.8 Å². The molecular weight excluding hydrogens is 204 g/mol. The monoisotopic (exact) mass is 217 g/mol. The molecular formula is C9H13F2N3O. The van der Waals surface area contributed by atoms with Gasteiger partial charge in [0.1, 0.15) is 0 Å². The number of hydrogen-bond acceptors (Lipinski definition) is 4. The Kier molecular flexibility index (Phi) is 2.68. The molecule has 0 saturated heterocycles. The van der Waals surface area contributed by atoms with Crippen LogP contribution in [-0.2, 0) is 5.54 Å². The van der Waals surface area contributed by atoms with Gasteiger partial charge in [0.2, 0.25) is 0 Å². The Hall–Kier alpha value is -1.04. The van der Waals surface area contributed by atoms with Crippen molar-refractivity contribution in [3.05, 3.63) is 11.7 Å². The first-order valence-corrected chi connectivity index (χ1v) is 5.05. The first kappa shape index (κ1) is 10.5. The first-order chi connectivity index (χ1) is 7.18. The van der Waals surface area contributed by atoms with Gasteiger partial charge in [0, 0.05) is 0 Å². The van der Waals surface area contributed by atoms with Gasteiger partial charge in [-0.1, -0.05) is 12.1 Å². The Morgan fingerprint density at radius 3 is 2.67 bits per heavy atom. The zero-order valence-corrected chi connectivity index (χ0v) is 8.46. The molecule has 1 heterocycles. The Morgan fingerprint density at radius 1 is 1.53 bits per heavy atom. The van der Waals surface area contributed by atoms with E-state index in [1.165, 1.54) is 0 Å². The summed E-state index contributed by atoms with van der Waals surface area (Å²) in [6, 6.07) is 0. The third-order valence-corrected chi connectivity index (χ3v) is 2.78. The van der Waals surface area contributed by atoms with Crippen LogP contribution < -0.4 is 5.32 Å². The molecule has 0 aromatic carbocycles. The number of halogens is 2. The summed E-state index contributed by atoms with van der Waals surface area (Å²) in [5, 5.41) is 6.86. The van der Waals surface area contributed by atoms with Gasteiger partial charge in [-0.3, -0.25) is 0 Å². The summed E-state index contributed by atoms with van der Waals surface area (Å²) in [6.07, 6.45) is 0.127. The van der Waals surface area contributed by atoms with Crippen LogP contribution in [0.2, 0.25) is 0 Å². The zero-order valence-electron chi connectivity index (χ0n) is 8.46. The molecule has 1 aromatic rings. The highest BCUT2D eigenvalue weighted by atomic mass is 19.3. The summed E-state index contributed by atoms with van der Waals surface area (Å²) in [6.45, 7) is 2.73. The number of rotatable bonds is 4. The minimum absolute atomic E-state index is 0.328. The van der Waals surface area contributed by atoms with Crippen LogP contribution in [0.5, 0.6) is 0 Å². The summed E-state index contributed by atoms with van der Waals surface area (Å²) >= 11 is 0. The van der Waals surface area contributed by atoms with Gasteiger partial charge in [-0.05, 0) is 25.8 Å². The lowest BCUT2D eigenvalue weighted by Gasteiger charge is -2.39. The molecule has 84 valence electrons. The molecule has 0 spiro atoms. The van der Waals surface area contributed by atoms with E-state index in [0.29, 0.717) is 5.82 Å². The lowest BCUT2D eigenvalue weighted by molar-refractivity contribution is 0.105. The summed E-state index contributed by atoms with van der Waals surface area (Å²) < 4.78 is 29.0. The van der Waals surface area contributed by atoms with Gasteiger partial charge in [-0.25, -0.2) is 0 Å². The average Bonchev–Trinajstić information content (AvgIpc) is 2.60. The van der Waals surface area contributed by atoms with Crippen LogP contribution in [0.15, 0.2) is 4.52 Å². The molecule has 6 heteroatoms. The van der Waals surface area contributed by atoms with Crippen LogP contribution in [0.4, 0.5) is 8.78 Å². The molecule has 0 aliphatic heterocycles. The van der Waals surface area contributed by atoms with Crippen LogP contribution in [0.1, 0.15) is 44.3 Å². The van der Waals surface area contributed by atoms with Crippen molar-refractivity contribution >= 4 is 0 Å². The molecule has 0 unspecified atom stereocenters. The molecule has 15 heavy (non-hydrogen) atoms. The Balaban J connectivity index is 2.19. The summed E-state index contributed by atoms with van der Waals surface area (Å²) in [7, 11) is 0. The molecule has 1 saturated carbocycles. The fraction of sp³-hybridized carbons (Fsp3) is 0.778. The molecule has 1 aliphatic rings. The van der Waals surface area contributed by atoms with E-state index in [-0.39, 0.29) is 5.54 Å². The van der Waals surface area contributed by atoms with Gasteiger partial charge >= 0.3 is 6.43 Å². The Labute approximate surface area is 86.0 Å². The van der Waals surface area contributed by atoms with E-state index in [4.69, 9.17) is 0 Å². The molecule has 2 rings (SSSR count). The Bertz CT molecular complexity index is 336. The maximum Gasteiger partial charge on any atom is 0.315 e. The van der Waals surface area contributed by atoms with Crippen LogP contribution >= 0.6 is 0 Å². The van der Waals surface area contributed by atoms with Crippen molar-refractivity contribution in [3.8, 4) is 0 Å². The predicted octanol–water partition coefficient (Wildman–Crippen LogP) is 2.00. The van der Waals surface area contributed by atoms with E-state index in [2.05, 4.69) is 20.0 Å². The Morgan fingerprint density at radius 2 is 2.27 bits per heavy atom. The second-order valence-corrected chi connectivity index (χ2v) is 3.72. The molecule has 1 aromatic heterocycles. The molecule has 0 radical (unpaired) electrons. The maximum absolute atomic E-state index is 12.3. The first-order valence-electron chi connectivity index (χ1n) is 5.05. The highest BCUT2D eigenvalue weighted by Crippen LogP contribution is 2.40. The number of nitrogens with one attached hydrogen (secondary N) is 1. The van der Waals surface area contributed by atoms with Crippen molar-refractivity contribution in [2.24, 2.45) is 0 Å². The SMILES string of the molecule is CCNC1(c2noc(C(F)F)n2)CCC1. The van der Waals surface area contributed by atoms with Gasteiger partial charge in [0.25, 0.3) is 5.89 Å². The van der Waals surface area contributed by atoms with Crippen molar-refractivity contribution in [2.75, 3.05) is 6.54 Å². The lowest BCUT2D eigenvalue weighted by Crippen LogP contribution is -2.48. The van der Waals surface area contributed by atoms with Crippen LogP contribution in [0.3, 0.4) is 0 Å². The van der Waals surface area contributed by atoms with Gasteiger partial charge in [-0.2, -0.15) is 13.8 Å². The highest BCUT2D eigenvalue weighted by molar-refractivity contribution is 5.10. The minimum atomic E-state index is -2.69. The highest BCUT2D eigenvalue weighted by Gasteiger charge is 2.42. The van der Waals surface area contributed by atoms with Gasteiger partial charge in [-0.15, -0.1) is 0 Å². The van der Waals surface area contributed by atoms with Gasteiger partial charge in [0.05, 0.1) is 5.54 Å². The van der Waals surface area contributed by atoms with Crippen LogP contribution in [0.25, 0.3) is 0 Å². The van der Waals surface area contributed by atoms with Gasteiger partial charge in [0.15, 0.2) is 5.82 Å². The van der Waals surface area contributed by atoms with E-state index in [9.17, 15) is 8.78 Å². The van der Waals surface area contributed by atoms with Crippen LogP contribution in [0, 0.1) is 0 Å². The summed E-state index contributed by atoms with van der Waals surface area (Å²) in [5.74, 6) is -0.222. The largest absolute Gasteiger partial charge is 0.333 e. The molecule has 0 atom stereocenters. The van der Waals surface area contributed by atoms with Gasteiger partial charge < -0.3 is 9.84 Å². The zero-order chi connectivity index (χ0) is 10.9. The molecule has 1 N–H and O–H groups in total. The molecule has 4 nitrogen and oxygen atoms in total. The normalized spacial score (nSPS) is 19.2. The minimum Gasteiger partial charge on any atom is -0.333 e. The van der Waals surface area contributed by atoms with Crippen molar-refractivity contribution in [2.45, 2.75) is 38.2 Å². The molecule has 0 amide bonds. The summed E-state index contributed by atoms with van der Waals surface area (Å²) in [5.41, 5.74) is -0.328. The third kappa shape index (κ3) is 1.73. The number of hydrogen-bond donors (Lipinski definition) is 1. The van der Waals surface area contributed by atoms with Crippen molar-refractivity contribution in [1.29, 1.82) is 0 Å². The molecule has 1 fully saturated rings. The smallest absolute Gasteiger partial charge is 0.315 e. The number of nitrogens with zero attached hydrogens (tertiary/aromatic N) is 2. The average molecular weight is 217 g/mol. The van der Waals surface area contributed by atoms with Crippen molar-refractivity contribution in [3.63, 3.8) is 0 Å². The second-order valence-electron chi connectivity index (χ2n) is 3.72. The lowest BCUT2D eigenvalue weighted by atomic mass is 9.76. The van der Waals surface area contributed by atoms with E-state index in [1.807, 2.05) is 6.92 Å². The number of aromatic nitrogens is 2. The topological polar surface area (TPSA) is 51.0 Å². The van der Waals surface area contributed by atoms with E-state index >= 15 is 0 Å². The summed E-state index contributed by atoms with van der Waals surface area (Å²) in [4.78, 5) is 3.73. The third-order valence-electron chi connectivity index (χ3n) is 2.78. The fourth-order valence-corrected chi connectivity index (χ4v) is 1.87. The van der Waals surface area contributed by atoms with Crippen molar-refractivity contribution < 1.29 is 13.3 Å². The van der Waals surface area contributed by atoms with E-state index < -0.39 is 12.3 Å². The number of alkyl halides is 2. The second kappa shape index (κ2) is 3.84. The molecule has 0 bridgehead atoms. The van der Waals surface area contributed by atoms with Crippen molar-refractivity contribution in [1.82, 2.24) is 15.5 Å². The fourth-order valence-electron chi connectivity index (χ4n) is 1.87. The maximum atomic E-state index is 12.3. The quantitative estimate of drug-likeness (QED) is 0.838. The van der Waals surface area contributed by atoms with Crippen LogP contribution in [-0.4, -0.2) is 16.7 Å².